The molecular weight excluding hydrogens is 378 g/mol. The van der Waals surface area contributed by atoms with Crippen LogP contribution in [0.25, 0.3) is 71.2 Å². The van der Waals surface area contributed by atoms with Gasteiger partial charge < -0.3 is 0 Å². The maximum absolute atomic E-state index is 4.60. The van der Waals surface area contributed by atoms with E-state index in [1.165, 1.54) is 54.2 Å². The molecule has 0 unspecified atom stereocenters. The van der Waals surface area contributed by atoms with Crippen LogP contribution in [-0.2, 0) is 0 Å². The van der Waals surface area contributed by atoms with E-state index >= 15 is 0 Å². The molecule has 8 rings (SSSR count). The second-order valence-electron chi connectivity index (χ2n) is 8.27. The Morgan fingerprint density at radius 3 is 1.81 bits per heavy atom. The summed E-state index contributed by atoms with van der Waals surface area (Å²) in [6, 6.07) is 28.6. The molecule has 2 aromatic heterocycles. The molecule has 3 heteroatoms. The van der Waals surface area contributed by atoms with Gasteiger partial charge in [-0.1, -0.05) is 60.7 Å². The monoisotopic (exact) mass is 393 g/mol. The summed E-state index contributed by atoms with van der Waals surface area (Å²) in [6.45, 7) is 0. The van der Waals surface area contributed by atoms with Crippen molar-refractivity contribution in [3.05, 3.63) is 91.3 Å². The van der Waals surface area contributed by atoms with Gasteiger partial charge in [-0.2, -0.15) is 0 Å². The molecule has 0 spiro atoms. The van der Waals surface area contributed by atoms with E-state index in [0.29, 0.717) is 5.95 Å². The Bertz CT molecular complexity index is 1870. The van der Waals surface area contributed by atoms with Crippen LogP contribution in [0.2, 0.25) is 0 Å². The van der Waals surface area contributed by atoms with Gasteiger partial charge in [0, 0.05) is 28.6 Å². The molecule has 1 aliphatic rings. The van der Waals surface area contributed by atoms with Crippen LogP contribution in [-0.4, -0.2) is 14.5 Å². The fraction of sp³-hybridized carbons (Fsp3) is 0. The van der Waals surface area contributed by atoms with Crippen molar-refractivity contribution in [3.8, 4) is 17.1 Å². The third-order valence-electron chi connectivity index (χ3n) is 6.80. The van der Waals surface area contributed by atoms with Gasteiger partial charge in [0.15, 0.2) is 0 Å². The first-order chi connectivity index (χ1) is 15.4. The summed E-state index contributed by atoms with van der Waals surface area (Å²) in [6.07, 6.45) is 3.62. The van der Waals surface area contributed by atoms with Gasteiger partial charge in [0.05, 0.1) is 11.0 Å². The number of fused-ring (bicyclic) bond motifs is 1. The average Bonchev–Trinajstić information content (AvgIpc) is 3.11. The predicted molar refractivity (Wildman–Crippen MR) is 128 cm³/mol. The van der Waals surface area contributed by atoms with Crippen LogP contribution in [0.5, 0.6) is 0 Å². The van der Waals surface area contributed by atoms with Crippen molar-refractivity contribution >= 4 is 54.1 Å². The molecule has 0 atom stereocenters. The van der Waals surface area contributed by atoms with Crippen molar-refractivity contribution in [1.29, 1.82) is 0 Å². The molecule has 142 valence electrons. The summed E-state index contributed by atoms with van der Waals surface area (Å²) in [4.78, 5) is 9.20. The zero-order chi connectivity index (χ0) is 20.1. The van der Waals surface area contributed by atoms with Gasteiger partial charge >= 0.3 is 0 Å². The van der Waals surface area contributed by atoms with Crippen LogP contribution in [0.3, 0.4) is 0 Å². The van der Waals surface area contributed by atoms with Crippen molar-refractivity contribution in [2.45, 2.75) is 0 Å². The summed E-state index contributed by atoms with van der Waals surface area (Å²) in [5.41, 5.74) is 4.87. The molecule has 0 bridgehead atoms. The quantitative estimate of drug-likeness (QED) is 0.281. The van der Waals surface area contributed by atoms with Crippen LogP contribution in [0.15, 0.2) is 91.3 Å². The molecular formula is C28H15N3. The first-order valence-electron chi connectivity index (χ1n) is 10.5. The lowest BCUT2D eigenvalue weighted by molar-refractivity contribution is 0.989. The van der Waals surface area contributed by atoms with Crippen LogP contribution in [0, 0.1) is 0 Å². The van der Waals surface area contributed by atoms with E-state index in [4.69, 9.17) is 0 Å². The number of hydrogen-bond donors (Lipinski definition) is 0. The van der Waals surface area contributed by atoms with Crippen molar-refractivity contribution < 1.29 is 0 Å². The molecule has 0 saturated heterocycles. The minimum atomic E-state index is 0.707. The Balaban J connectivity index is 1.80. The second-order valence-corrected chi connectivity index (χ2v) is 8.27. The van der Waals surface area contributed by atoms with Gasteiger partial charge in [-0.05, 0) is 56.3 Å². The Hall–Kier alpha value is -4.24. The van der Waals surface area contributed by atoms with E-state index in [-0.39, 0.29) is 0 Å². The van der Waals surface area contributed by atoms with Crippen LogP contribution < -0.4 is 0 Å². The third kappa shape index (κ3) is 1.77. The van der Waals surface area contributed by atoms with Crippen molar-refractivity contribution in [3.63, 3.8) is 0 Å². The molecule has 0 fully saturated rings. The number of hydrogen-bond acceptors (Lipinski definition) is 2. The first-order valence-corrected chi connectivity index (χ1v) is 10.5. The number of nitrogens with zero attached hydrogens (tertiary/aromatic N) is 3. The number of benzene rings is 5. The first kappa shape index (κ1) is 15.6. The maximum atomic E-state index is 4.60. The topological polar surface area (TPSA) is 30.7 Å². The van der Waals surface area contributed by atoms with E-state index in [0.717, 1.165) is 11.0 Å². The molecule has 31 heavy (non-hydrogen) atoms. The highest BCUT2D eigenvalue weighted by atomic mass is 15.1. The average molecular weight is 393 g/mol. The van der Waals surface area contributed by atoms with Gasteiger partial charge in [0.2, 0.25) is 5.95 Å². The Labute approximate surface area is 177 Å². The molecule has 3 nitrogen and oxygen atoms in total. The number of rotatable bonds is 1. The normalized spacial score (nSPS) is 12.5. The zero-order valence-electron chi connectivity index (χ0n) is 16.5. The van der Waals surface area contributed by atoms with Crippen molar-refractivity contribution in [1.82, 2.24) is 14.5 Å². The molecule has 0 radical (unpaired) electrons. The van der Waals surface area contributed by atoms with Crippen molar-refractivity contribution in [2.24, 2.45) is 0 Å². The fourth-order valence-corrected chi connectivity index (χ4v) is 5.63. The summed E-state index contributed by atoms with van der Waals surface area (Å²) in [5.74, 6) is 0.707. The van der Waals surface area contributed by atoms with Gasteiger partial charge in [0.1, 0.15) is 0 Å². The summed E-state index contributed by atoms with van der Waals surface area (Å²) in [5, 5.41) is 10.5. The smallest absolute Gasteiger partial charge is 0.234 e. The Morgan fingerprint density at radius 1 is 0.452 bits per heavy atom. The zero-order valence-corrected chi connectivity index (χ0v) is 16.5. The molecule has 1 aliphatic carbocycles. The minimum Gasteiger partial charge on any atom is -0.278 e. The maximum Gasteiger partial charge on any atom is 0.234 e. The molecule has 7 aromatic rings. The SMILES string of the molecule is c1cnc(-n2c3cccc4c3c3c5c(ccc6ccc7cccc-4c7c65)ccc32)nc1. The highest BCUT2D eigenvalue weighted by molar-refractivity contribution is 6.38. The standard InChI is InChI=1S/C28H15N3/c1-4-16-8-9-17-10-11-18-12-13-22-27-25(18)24(17)23(16)19(5-1)20-6-2-7-21(26(20)27)31(22)28-29-14-3-15-30-28/h1-15H. The van der Waals surface area contributed by atoms with Gasteiger partial charge in [0.25, 0.3) is 0 Å². The van der Waals surface area contributed by atoms with E-state index in [1.807, 2.05) is 18.5 Å². The molecule has 0 saturated carbocycles. The molecule has 0 N–H and O–H groups in total. The lowest BCUT2D eigenvalue weighted by Crippen LogP contribution is -1.99. The minimum absolute atomic E-state index is 0.707. The largest absolute Gasteiger partial charge is 0.278 e. The Kier molecular flexibility index (Phi) is 2.65. The highest BCUT2D eigenvalue weighted by Crippen LogP contribution is 2.49. The number of aromatic nitrogens is 3. The van der Waals surface area contributed by atoms with E-state index in [2.05, 4.69) is 87.3 Å². The highest BCUT2D eigenvalue weighted by Gasteiger charge is 2.24. The molecule has 0 aliphatic heterocycles. The van der Waals surface area contributed by atoms with E-state index in [1.54, 1.807) is 0 Å². The van der Waals surface area contributed by atoms with Crippen molar-refractivity contribution in [2.75, 3.05) is 0 Å². The fourth-order valence-electron chi connectivity index (χ4n) is 5.63. The summed E-state index contributed by atoms with van der Waals surface area (Å²) < 4.78 is 2.21. The van der Waals surface area contributed by atoms with Crippen LogP contribution >= 0.6 is 0 Å². The molecule has 0 amide bonds. The lowest BCUT2D eigenvalue weighted by atomic mass is 9.93. The van der Waals surface area contributed by atoms with Gasteiger partial charge in [-0.15, -0.1) is 0 Å². The lowest BCUT2D eigenvalue weighted by Gasteiger charge is -2.12. The van der Waals surface area contributed by atoms with E-state index < -0.39 is 0 Å². The van der Waals surface area contributed by atoms with Crippen LogP contribution in [0.1, 0.15) is 0 Å². The predicted octanol–water partition coefficient (Wildman–Crippen LogP) is 7.01. The summed E-state index contributed by atoms with van der Waals surface area (Å²) >= 11 is 0. The van der Waals surface area contributed by atoms with E-state index in [9.17, 15) is 0 Å². The summed E-state index contributed by atoms with van der Waals surface area (Å²) in [7, 11) is 0. The third-order valence-corrected chi connectivity index (χ3v) is 6.80. The second kappa shape index (κ2) is 5.27. The van der Waals surface area contributed by atoms with Gasteiger partial charge in [-0.3, -0.25) is 4.57 Å². The van der Waals surface area contributed by atoms with Gasteiger partial charge in [-0.25, -0.2) is 9.97 Å². The molecule has 5 aromatic carbocycles. The van der Waals surface area contributed by atoms with Crippen LogP contribution in [0.4, 0.5) is 0 Å². The molecule has 2 heterocycles. The Morgan fingerprint density at radius 2 is 1.03 bits per heavy atom.